The molecule has 3 rings (SSSR count). The fourth-order valence-electron chi connectivity index (χ4n) is 2.76. The monoisotopic (exact) mass is 433 g/mol. The molecule has 30 heavy (non-hydrogen) atoms. The molecule has 9 heteroatoms. The third-order valence-electron chi connectivity index (χ3n) is 4.25. The maximum atomic E-state index is 12.9. The van der Waals surface area contributed by atoms with Crippen LogP contribution in [0, 0.1) is 0 Å². The lowest BCUT2D eigenvalue weighted by molar-refractivity contribution is -0.137. The molecule has 1 aromatic heterocycles. The van der Waals surface area contributed by atoms with E-state index in [0.717, 1.165) is 23.9 Å². The van der Waals surface area contributed by atoms with Crippen molar-refractivity contribution in [1.29, 1.82) is 0 Å². The largest absolute Gasteiger partial charge is 0.416 e. The number of nitrogens with zero attached hydrogens (tertiary/aromatic N) is 2. The van der Waals surface area contributed by atoms with E-state index < -0.39 is 22.9 Å². The second-order valence-electron chi connectivity index (χ2n) is 6.44. The Hall–Kier alpha value is -3.07. The minimum Gasteiger partial charge on any atom is -0.325 e. The summed E-state index contributed by atoms with van der Waals surface area (Å²) >= 11 is 1.05. The molecule has 0 fully saturated rings. The van der Waals surface area contributed by atoms with E-state index in [-0.39, 0.29) is 17.8 Å². The van der Waals surface area contributed by atoms with Crippen molar-refractivity contribution in [2.24, 2.45) is 0 Å². The van der Waals surface area contributed by atoms with Crippen LogP contribution >= 0.6 is 11.8 Å². The number of anilines is 1. The van der Waals surface area contributed by atoms with Crippen molar-refractivity contribution in [2.45, 2.75) is 30.1 Å². The fourth-order valence-corrected chi connectivity index (χ4v) is 3.67. The number of fused-ring (bicyclic) bond motifs is 1. The van der Waals surface area contributed by atoms with Crippen LogP contribution in [0.2, 0.25) is 0 Å². The number of nitrogens with one attached hydrogen (secondary N) is 1. The summed E-state index contributed by atoms with van der Waals surface area (Å²) in [6.07, 6.45) is -2.95. The van der Waals surface area contributed by atoms with E-state index in [4.69, 9.17) is 0 Å². The highest BCUT2D eigenvalue weighted by atomic mass is 32.2. The molecular formula is C21H18F3N3O2S. The summed E-state index contributed by atoms with van der Waals surface area (Å²) in [5.41, 5.74) is -0.571. The molecule has 5 nitrogen and oxygen atoms in total. The maximum absolute atomic E-state index is 12.9. The highest BCUT2D eigenvalue weighted by Gasteiger charge is 2.30. The predicted octanol–water partition coefficient (Wildman–Crippen LogP) is 4.72. The topological polar surface area (TPSA) is 64.0 Å². The van der Waals surface area contributed by atoms with E-state index in [1.165, 1.54) is 16.7 Å². The van der Waals surface area contributed by atoms with Crippen molar-refractivity contribution in [2.75, 3.05) is 5.32 Å². The molecule has 0 bridgehead atoms. The first-order valence-corrected chi connectivity index (χ1v) is 9.84. The van der Waals surface area contributed by atoms with Crippen LogP contribution in [0.3, 0.4) is 0 Å². The van der Waals surface area contributed by atoms with Gasteiger partial charge in [-0.1, -0.05) is 36.0 Å². The molecule has 1 heterocycles. The number of carbonyl (C=O) groups is 1. The Kier molecular flexibility index (Phi) is 6.31. The van der Waals surface area contributed by atoms with Gasteiger partial charge in [0.2, 0.25) is 5.91 Å². The first-order chi connectivity index (χ1) is 14.2. The van der Waals surface area contributed by atoms with Gasteiger partial charge in [-0.25, -0.2) is 4.98 Å². The van der Waals surface area contributed by atoms with Gasteiger partial charge in [-0.15, -0.1) is 6.58 Å². The Balaban J connectivity index is 1.85. The molecule has 156 valence electrons. The number of halogens is 3. The third kappa shape index (κ3) is 4.73. The van der Waals surface area contributed by atoms with E-state index in [9.17, 15) is 22.8 Å². The summed E-state index contributed by atoms with van der Waals surface area (Å²) in [5, 5.41) is 2.54. The summed E-state index contributed by atoms with van der Waals surface area (Å²) < 4.78 is 40.0. The van der Waals surface area contributed by atoms with Gasteiger partial charge in [0.05, 0.1) is 21.7 Å². The molecule has 0 aliphatic carbocycles. The summed E-state index contributed by atoms with van der Waals surface area (Å²) in [6.45, 7) is 5.45. The zero-order valence-electron chi connectivity index (χ0n) is 15.9. The Labute approximate surface area is 174 Å². The van der Waals surface area contributed by atoms with Crippen molar-refractivity contribution in [3.63, 3.8) is 0 Å². The Morgan fingerprint density at radius 3 is 2.70 bits per heavy atom. The molecule has 1 N–H and O–H groups in total. The zero-order chi connectivity index (χ0) is 21.9. The van der Waals surface area contributed by atoms with Crippen molar-refractivity contribution in [1.82, 2.24) is 9.55 Å². The first-order valence-electron chi connectivity index (χ1n) is 8.96. The van der Waals surface area contributed by atoms with Crippen LogP contribution in [-0.4, -0.2) is 20.7 Å². The Morgan fingerprint density at radius 1 is 1.27 bits per heavy atom. The molecule has 0 radical (unpaired) electrons. The second kappa shape index (κ2) is 8.74. The number of alkyl halides is 3. The smallest absolute Gasteiger partial charge is 0.325 e. The molecule has 0 aliphatic rings. The second-order valence-corrected chi connectivity index (χ2v) is 7.75. The molecule has 1 unspecified atom stereocenters. The standard InChI is InChI=1S/C21H18F3N3O2S/c1-3-11-27-19(29)16-9-4-5-10-17(16)26-20(27)30-13(2)18(28)25-15-8-6-7-14(12-15)21(22,23)24/h3-10,12-13H,1,11H2,2H3,(H,25,28). The van der Waals surface area contributed by atoms with Crippen LogP contribution in [-0.2, 0) is 17.5 Å². The van der Waals surface area contributed by atoms with Gasteiger partial charge in [0, 0.05) is 12.2 Å². The lowest BCUT2D eigenvalue weighted by Crippen LogP contribution is -2.27. The Bertz CT molecular complexity index is 1160. The van der Waals surface area contributed by atoms with Gasteiger partial charge >= 0.3 is 6.18 Å². The summed E-state index contributed by atoms with van der Waals surface area (Å²) in [7, 11) is 0. The summed E-state index contributed by atoms with van der Waals surface area (Å²) in [5.74, 6) is -0.508. The van der Waals surface area contributed by atoms with Gasteiger partial charge < -0.3 is 5.32 Å². The average Bonchev–Trinajstić information content (AvgIpc) is 2.70. The van der Waals surface area contributed by atoms with E-state index in [1.54, 1.807) is 37.3 Å². The first kappa shape index (κ1) is 21.6. The van der Waals surface area contributed by atoms with Crippen LogP contribution in [0.5, 0.6) is 0 Å². The molecule has 0 saturated carbocycles. The van der Waals surface area contributed by atoms with Crippen LogP contribution in [0.25, 0.3) is 10.9 Å². The quantitative estimate of drug-likeness (QED) is 0.347. The van der Waals surface area contributed by atoms with E-state index in [2.05, 4.69) is 16.9 Å². The number of para-hydroxylation sites is 1. The minimum atomic E-state index is -4.50. The van der Waals surface area contributed by atoms with Crippen LogP contribution in [0.1, 0.15) is 12.5 Å². The molecule has 3 aromatic rings. The number of hydrogen-bond donors (Lipinski definition) is 1. The highest BCUT2D eigenvalue weighted by Crippen LogP contribution is 2.31. The van der Waals surface area contributed by atoms with Gasteiger partial charge in [0.25, 0.3) is 5.56 Å². The SMILES string of the molecule is C=CCn1c(SC(C)C(=O)Nc2cccc(C(F)(F)F)c2)nc2ccccc2c1=O. The van der Waals surface area contributed by atoms with E-state index in [0.29, 0.717) is 16.1 Å². The molecular weight excluding hydrogens is 415 g/mol. The normalized spacial score (nSPS) is 12.5. The average molecular weight is 433 g/mol. The van der Waals surface area contributed by atoms with Crippen LogP contribution in [0.4, 0.5) is 18.9 Å². The summed E-state index contributed by atoms with van der Waals surface area (Å²) in [4.78, 5) is 29.8. The van der Waals surface area contributed by atoms with Crippen molar-refractivity contribution in [3.05, 3.63) is 77.1 Å². The zero-order valence-corrected chi connectivity index (χ0v) is 16.8. The number of amides is 1. The van der Waals surface area contributed by atoms with Crippen molar-refractivity contribution >= 4 is 34.3 Å². The van der Waals surface area contributed by atoms with E-state index in [1.807, 2.05) is 0 Å². The molecule has 2 aromatic carbocycles. The molecule has 1 amide bonds. The predicted molar refractivity (Wildman–Crippen MR) is 112 cm³/mol. The van der Waals surface area contributed by atoms with Gasteiger partial charge in [0.15, 0.2) is 5.16 Å². The minimum absolute atomic E-state index is 0.0391. The van der Waals surface area contributed by atoms with Crippen molar-refractivity contribution in [3.8, 4) is 0 Å². The number of aromatic nitrogens is 2. The number of carbonyl (C=O) groups excluding carboxylic acids is 1. The molecule has 0 spiro atoms. The highest BCUT2D eigenvalue weighted by molar-refractivity contribution is 8.00. The number of benzene rings is 2. The summed E-state index contributed by atoms with van der Waals surface area (Å²) in [6, 6.07) is 11.3. The molecule has 0 aliphatic heterocycles. The van der Waals surface area contributed by atoms with Gasteiger partial charge in [0.1, 0.15) is 0 Å². The van der Waals surface area contributed by atoms with Crippen LogP contribution < -0.4 is 10.9 Å². The number of allylic oxidation sites excluding steroid dienone is 1. The number of hydrogen-bond acceptors (Lipinski definition) is 4. The van der Waals surface area contributed by atoms with E-state index >= 15 is 0 Å². The third-order valence-corrected chi connectivity index (χ3v) is 5.34. The number of rotatable bonds is 6. The fraction of sp³-hybridized carbons (Fsp3) is 0.190. The molecule has 0 saturated heterocycles. The van der Waals surface area contributed by atoms with Crippen LogP contribution in [0.15, 0.2) is 71.1 Å². The van der Waals surface area contributed by atoms with Gasteiger partial charge in [-0.2, -0.15) is 13.2 Å². The molecule has 1 atom stereocenters. The van der Waals surface area contributed by atoms with Crippen molar-refractivity contribution < 1.29 is 18.0 Å². The Morgan fingerprint density at radius 2 is 2.00 bits per heavy atom. The van der Waals surface area contributed by atoms with Gasteiger partial charge in [-0.05, 0) is 37.3 Å². The maximum Gasteiger partial charge on any atom is 0.416 e. The van der Waals surface area contributed by atoms with Gasteiger partial charge in [-0.3, -0.25) is 14.2 Å². The number of thioether (sulfide) groups is 1. The lowest BCUT2D eigenvalue weighted by atomic mass is 10.2. The lowest BCUT2D eigenvalue weighted by Gasteiger charge is -2.16.